The van der Waals surface area contributed by atoms with Crippen LogP contribution in [-0.2, 0) is 0 Å². The molecule has 1 aromatic rings. The normalized spacial score (nSPS) is 9.07. The van der Waals surface area contributed by atoms with E-state index in [1.165, 1.54) is 0 Å². The molecule has 14 heavy (non-hydrogen) atoms. The van der Waals surface area contributed by atoms with Crippen LogP contribution >= 0.6 is 24.0 Å². The number of benzene rings is 1. The number of nitro groups is 1. The molecule has 1 aromatic carbocycles. The van der Waals surface area contributed by atoms with Crippen LogP contribution in [0.15, 0.2) is 12.1 Å². The summed E-state index contributed by atoms with van der Waals surface area (Å²) in [7, 11) is 0. The summed E-state index contributed by atoms with van der Waals surface area (Å²) in [5, 5.41) is 10.1. The quantitative estimate of drug-likeness (QED) is 0.472. The zero-order chi connectivity index (χ0) is 10.0. The van der Waals surface area contributed by atoms with Gasteiger partial charge in [0.15, 0.2) is 0 Å². The van der Waals surface area contributed by atoms with Gasteiger partial charge in [-0.05, 0) is 6.07 Å². The summed E-state index contributed by atoms with van der Waals surface area (Å²) < 4.78 is 12.8. The van der Waals surface area contributed by atoms with Crippen LogP contribution in [-0.4, -0.2) is 4.92 Å². The molecule has 0 radical (unpaired) electrons. The summed E-state index contributed by atoms with van der Waals surface area (Å²) in [5.41, 5.74) is 1.57. The molecule has 0 fully saturated rings. The Morgan fingerprint density at radius 2 is 2.14 bits per heavy atom. The van der Waals surface area contributed by atoms with E-state index in [0.717, 1.165) is 6.07 Å². The molecule has 0 heterocycles. The van der Waals surface area contributed by atoms with Crippen molar-refractivity contribution in [3.8, 4) is 0 Å². The third-order valence-electron chi connectivity index (χ3n) is 1.39. The first-order chi connectivity index (χ1) is 6.06. The molecule has 0 unspecified atom stereocenters. The van der Waals surface area contributed by atoms with Gasteiger partial charge in [-0.1, -0.05) is 11.6 Å². The molecule has 0 bridgehead atoms. The molecule has 0 aliphatic heterocycles. The molecular weight excluding hydrogens is 236 g/mol. The highest BCUT2D eigenvalue weighted by Crippen LogP contribution is 2.29. The van der Waals surface area contributed by atoms with Crippen LogP contribution in [0.5, 0.6) is 0 Å². The number of nitrogen functional groups attached to an aromatic ring is 1. The molecule has 0 saturated carbocycles. The topological polar surface area (TPSA) is 81.2 Å². The highest BCUT2D eigenvalue weighted by molar-refractivity contribution is 6.31. The van der Waals surface area contributed by atoms with E-state index in [9.17, 15) is 14.5 Å². The number of hydrogen-bond donors (Lipinski definition) is 2. The first kappa shape index (κ1) is 12.9. The van der Waals surface area contributed by atoms with Crippen molar-refractivity contribution in [1.82, 2.24) is 0 Å². The molecule has 3 N–H and O–H groups in total. The van der Waals surface area contributed by atoms with Crippen molar-refractivity contribution in [2.45, 2.75) is 0 Å². The lowest BCUT2D eigenvalue weighted by atomic mass is 10.2. The van der Waals surface area contributed by atoms with Gasteiger partial charge in [0.05, 0.1) is 16.0 Å². The van der Waals surface area contributed by atoms with E-state index in [1.54, 1.807) is 0 Å². The lowest BCUT2D eigenvalue weighted by Crippen LogP contribution is -2.09. The molecule has 0 saturated heterocycles. The van der Waals surface area contributed by atoms with E-state index in [2.05, 4.69) is 5.43 Å². The van der Waals surface area contributed by atoms with Crippen molar-refractivity contribution in [3.05, 3.63) is 33.1 Å². The molecule has 0 aliphatic carbocycles. The van der Waals surface area contributed by atoms with Crippen LogP contribution in [0, 0.1) is 15.9 Å². The number of rotatable bonds is 2. The first-order valence-corrected chi connectivity index (χ1v) is 3.54. The van der Waals surface area contributed by atoms with Crippen LogP contribution in [0.25, 0.3) is 0 Å². The predicted octanol–water partition coefficient (Wildman–Crippen LogP) is 2.09. The van der Waals surface area contributed by atoms with Gasteiger partial charge in [0.25, 0.3) is 5.69 Å². The maximum atomic E-state index is 12.8. The van der Waals surface area contributed by atoms with Gasteiger partial charge in [-0.2, -0.15) is 0 Å². The highest BCUT2D eigenvalue weighted by atomic mass is 35.5. The Balaban J connectivity index is 0.00000169. The second kappa shape index (κ2) is 4.94. The number of hydrazine groups is 1. The average Bonchev–Trinajstić information content (AvgIpc) is 2.08. The van der Waals surface area contributed by atoms with Crippen molar-refractivity contribution in [2.24, 2.45) is 5.84 Å². The number of nitrogens with one attached hydrogen (secondary N) is 1. The zero-order valence-electron chi connectivity index (χ0n) is 6.66. The minimum absolute atomic E-state index is 0. The molecule has 0 aromatic heterocycles. The Morgan fingerprint density at radius 1 is 1.57 bits per heavy atom. The van der Waals surface area contributed by atoms with Gasteiger partial charge in [-0.25, -0.2) is 4.39 Å². The highest BCUT2D eigenvalue weighted by Gasteiger charge is 2.16. The van der Waals surface area contributed by atoms with E-state index in [0.29, 0.717) is 6.07 Å². The number of nitro benzene ring substituents is 1. The minimum atomic E-state index is -0.854. The van der Waals surface area contributed by atoms with Gasteiger partial charge in [0.2, 0.25) is 0 Å². The van der Waals surface area contributed by atoms with E-state index < -0.39 is 16.4 Å². The maximum absolute atomic E-state index is 12.8. The number of hydrogen-bond acceptors (Lipinski definition) is 4. The van der Waals surface area contributed by atoms with Gasteiger partial charge in [-0.3, -0.25) is 16.0 Å². The van der Waals surface area contributed by atoms with Crippen LogP contribution in [0.2, 0.25) is 5.02 Å². The summed E-state index contributed by atoms with van der Waals surface area (Å²) in [5.74, 6) is 4.12. The van der Waals surface area contributed by atoms with Crippen molar-refractivity contribution >= 4 is 35.4 Å². The molecule has 1 rings (SSSR count). The molecular formula is C6H6Cl2FN3O2. The van der Waals surface area contributed by atoms with Crippen LogP contribution < -0.4 is 11.3 Å². The van der Waals surface area contributed by atoms with E-state index >= 15 is 0 Å². The van der Waals surface area contributed by atoms with Crippen molar-refractivity contribution < 1.29 is 9.31 Å². The van der Waals surface area contributed by atoms with Crippen LogP contribution in [0.3, 0.4) is 0 Å². The van der Waals surface area contributed by atoms with Crippen molar-refractivity contribution in [2.75, 3.05) is 5.43 Å². The molecule has 0 aliphatic rings. The first-order valence-electron chi connectivity index (χ1n) is 3.16. The fourth-order valence-electron chi connectivity index (χ4n) is 0.803. The van der Waals surface area contributed by atoms with Crippen LogP contribution in [0.4, 0.5) is 15.8 Å². The minimum Gasteiger partial charge on any atom is -0.318 e. The lowest BCUT2D eigenvalue weighted by Gasteiger charge is -2.02. The van der Waals surface area contributed by atoms with Gasteiger partial charge >= 0.3 is 0 Å². The van der Waals surface area contributed by atoms with Crippen molar-refractivity contribution in [1.29, 1.82) is 0 Å². The largest absolute Gasteiger partial charge is 0.318 e. The molecule has 0 spiro atoms. The number of nitrogens with two attached hydrogens (primary N) is 1. The van der Waals surface area contributed by atoms with E-state index in [4.69, 9.17) is 17.4 Å². The fraction of sp³-hybridized carbons (Fsp3) is 0. The van der Waals surface area contributed by atoms with Gasteiger partial charge < -0.3 is 5.43 Å². The molecule has 78 valence electrons. The lowest BCUT2D eigenvalue weighted by molar-refractivity contribution is -0.384. The number of nitrogens with zero attached hydrogens (tertiary/aromatic N) is 1. The Kier molecular flexibility index (Phi) is 4.55. The fourth-order valence-corrected chi connectivity index (χ4v) is 0.967. The molecule has 0 atom stereocenters. The zero-order valence-corrected chi connectivity index (χ0v) is 8.23. The van der Waals surface area contributed by atoms with Crippen molar-refractivity contribution in [3.63, 3.8) is 0 Å². The Labute approximate surface area is 89.6 Å². The van der Waals surface area contributed by atoms with Crippen LogP contribution in [0.1, 0.15) is 0 Å². The third kappa shape index (κ3) is 2.44. The Morgan fingerprint density at radius 3 is 2.57 bits per heavy atom. The summed E-state index contributed by atoms with van der Waals surface area (Å²) in [6, 6.07) is 1.76. The second-order valence-electron chi connectivity index (χ2n) is 2.18. The van der Waals surface area contributed by atoms with E-state index in [-0.39, 0.29) is 23.1 Å². The summed E-state index contributed by atoms with van der Waals surface area (Å²) in [6.45, 7) is 0. The number of anilines is 1. The standard InChI is InChI=1S/C6H5ClFN3O2.ClH/c7-3-1-5(10-9)6(11(12)13)2-4(3)8;/h1-2,10H,9H2;1H. The monoisotopic (exact) mass is 241 g/mol. The Hall–Kier alpha value is -1.11. The van der Waals surface area contributed by atoms with E-state index in [1.807, 2.05) is 0 Å². The smallest absolute Gasteiger partial charge is 0.296 e. The third-order valence-corrected chi connectivity index (χ3v) is 1.68. The number of halogens is 3. The molecule has 0 amide bonds. The van der Waals surface area contributed by atoms with Gasteiger partial charge in [-0.15, -0.1) is 12.4 Å². The molecule has 5 nitrogen and oxygen atoms in total. The Bertz CT molecular complexity index is 361. The molecule has 8 heteroatoms. The maximum Gasteiger partial charge on any atom is 0.296 e. The van der Waals surface area contributed by atoms with Gasteiger partial charge in [0.1, 0.15) is 11.5 Å². The summed E-state index contributed by atoms with van der Waals surface area (Å²) in [6.07, 6.45) is 0. The van der Waals surface area contributed by atoms with Gasteiger partial charge in [0, 0.05) is 0 Å². The second-order valence-corrected chi connectivity index (χ2v) is 2.59. The SMILES string of the molecule is Cl.NNc1cc(Cl)c(F)cc1[N+](=O)[O-]. The average molecular weight is 242 g/mol. The predicted molar refractivity (Wildman–Crippen MR) is 53.1 cm³/mol. The summed E-state index contributed by atoms with van der Waals surface area (Å²) >= 11 is 5.38. The summed E-state index contributed by atoms with van der Waals surface area (Å²) in [4.78, 5) is 9.59.